The molecule has 2 amide bonds. The molecule has 0 unspecified atom stereocenters. The fourth-order valence-corrected chi connectivity index (χ4v) is 0.941. The van der Waals surface area contributed by atoms with E-state index in [2.05, 4.69) is 10.6 Å². The minimum atomic E-state index is -0.103. The van der Waals surface area contributed by atoms with Gasteiger partial charge in [-0.1, -0.05) is 13.8 Å². The van der Waals surface area contributed by atoms with Gasteiger partial charge in [0.15, 0.2) is 0 Å². The molecule has 0 fully saturated rings. The van der Waals surface area contributed by atoms with Crippen LogP contribution in [0, 0.1) is 5.92 Å². The largest absolute Gasteiger partial charge is 0.356 e. The van der Waals surface area contributed by atoms with E-state index in [1.54, 1.807) is 0 Å². The zero-order chi connectivity index (χ0) is 11.7. The van der Waals surface area contributed by atoms with Crippen LogP contribution >= 0.6 is 0 Å². The standard InChI is InChI=1S/C10H21N3O2/c1-8(2)7-13-10(15)4-6-12-9(14)3-5-11/h8H,3-7,11H2,1-2H3,(H,12,14)(H,13,15). The summed E-state index contributed by atoms with van der Waals surface area (Å²) in [6.45, 7) is 5.45. The molecule has 5 nitrogen and oxygen atoms in total. The molecule has 4 N–H and O–H groups in total. The second-order valence-corrected chi connectivity index (χ2v) is 3.84. The van der Waals surface area contributed by atoms with E-state index in [1.165, 1.54) is 0 Å². The smallest absolute Gasteiger partial charge is 0.221 e. The number of nitrogens with one attached hydrogen (secondary N) is 2. The fraction of sp³-hybridized carbons (Fsp3) is 0.800. The first-order valence-electron chi connectivity index (χ1n) is 5.29. The second kappa shape index (κ2) is 8.23. The van der Waals surface area contributed by atoms with E-state index >= 15 is 0 Å². The molecule has 0 rings (SSSR count). The second-order valence-electron chi connectivity index (χ2n) is 3.84. The highest BCUT2D eigenvalue weighted by Gasteiger charge is 2.03. The van der Waals surface area contributed by atoms with Gasteiger partial charge in [0.25, 0.3) is 0 Å². The van der Waals surface area contributed by atoms with Gasteiger partial charge in [-0.3, -0.25) is 9.59 Å². The van der Waals surface area contributed by atoms with Crippen molar-refractivity contribution in [2.24, 2.45) is 11.7 Å². The van der Waals surface area contributed by atoms with E-state index < -0.39 is 0 Å². The van der Waals surface area contributed by atoms with Crippen molar-refractivity contribution < 1.29 is 9.59 Å². The zero-order valence-electron chi connectivity index (χ0n) is 9.51. The van der Waals surface area contributed by atoms with Crippen molar-refractivity contribution in [3.05, 3.63) is 0 Å². The van der Waals surface area contributed by atoms with Crippen LogP contribution in [0.3, 0.4) is 0 Å². The maximum atomic E-state index is 11.2. The van der Waals surface area contributed by atoms with Crippen LogP contribution < -0.4 is 16.4 Å². The lowest BCUT2D eigenvalue weighted by atomic mass is 10.2. The summed E-state index contributed by atoms with van der Waals surface area (Å²) in [7, 11) is 0. The summed E-state index contributed by atoms with van der Waals surface area (Å²) < 4.78 is 0. The van der Waals surface area contributed by atoms with Crippen molar-refractivity contribution in [1.82, 2.24) is 10.6 Å². The van der Waals surface area contributed by atoms with Crippen molar-refractivity contribution in [2.75, 3.05) is 19.6 Å². The van der Waals surface area contributed by atoms with Crippen LogP contribution in [0.15, 0.2) is 0 Å². The Morgan fingerprint density at radius 2 is 1.73 bits per heavy atom. The van der Waals surface area contributed by atoms with Crippen LogP contribution in [0.2, 0.25) is 0 Å². The number of carbonyl (C=O) groups excluding carboxylic acids is 2. The monoisotopic (exact) mass is 215 g/mol. The Hall–Kier alpha value is -1.10. The molecule has 0 aliphatic rings. The average molecular weight is 215 g/mol. The molecule has 0 heterocycles. The van der Waals surface area contributed by atoms with E-state index in [1.807, 2.05) is 13.8 Å². The number of rotatable bonds is 7. The number of amides is 2. The van der Waals surface area contributed by atoms with Gasteiger partial charge >= 0.3 is 0 Å². The van der Waals surface area contributed by atoms with Crippen molar-refractivity contribution in [3.8, 4) is 0 Å². The third-order valence-electron chi connectivity index (χ3n) is 1.75. The minimum absolute atomic E-state index is 0.0308. The molecule has 0 aromatic rings. The Bertz CT molecular complexity index is 205. The lowest BCUT2D eigenvalue weighted by Crippen LogP contribution is -2.32. The van der Waals surface area contributed by atoms with Crippen LogP contribution in [-0.4, -0.2) is 31.4 Å². The average Bonchev–Trinajstić information content (AvgIpc) is 2.15. The van der Waals surface area contributed by atoms with Gasteiger partial charge < -0.3 is 16.4 Å². The van der Waals surface area contributed by atoms with Crippen LogP contribution in [0.25, 0.3) is 0 Å². The minimum Gasteiger partial charge on any atom is -0.356 e. The first kappa shape index (κ1) is 13.9. The quantitative estimate of drug-likeness (QED) is 0.541. The van der Waals surface area contributed by atoms with Gasteiger partial charge in [-0.15, -0.1) is 0 Å². The van der Waals surface area contributed by atoms with Crippen LogP contribution in [0.1, 0.15) is 26.7 Å². The van der Waals surface area contributed by atoms with Crippen LogP contribution in [0.5, 0.6) is 0 Å². The molecule has 88 valence electrons. The predicted octanol–water partition coefficient (Wildman–Crippen LogP) is -0.386. The van der Waals surface area contributed by atoms with Gasteiger partial charge in [-0.25, -0.2) is 0 Å². The van der Waals surface area contributed by atoms with Crippen molar-refractivity contribution in [1.29, 1.82) is 0 Å². The van der Waals surface area contributed by atoms with Crippen molar-refractivity contribution in [2.45, 2.75) is 26.7 Å². The van der Waals surface area contributed by atoms with E-state index in [0.29, 0.717) is 38.4 Å². The lowest BCUT2D eigenvalue weighted by molar-refractivity contribution is -0.122. The maximum absolute atomic E-state index is 11.2. The molecule has 0 saturated carbocycles. The third kappa shape index (κ3) is 9.21. The molecule has 0 radical (unpaired) electrons. The Labute approximate surface area is 90.8 Å². The Balaban J connectivity index is 3.42. The summed E-state index contributed by atoms with van der Waals surface area (Å²) >= 11 is 0. The number of carbonyl (C=O) groups is 2. The highest BCUT2D eigenvalue weighted by molar-refractivity contribution is 5.78. The predicted molar refractivity (Wildman–Crippen MR) is 59.1 cm³/mol. The van der Waals surface area contributed by atoms with Gasteiger partial charge in [0, 0.05) is 32.5 Å². The number of hydrogen-bond acceptors (Lipinski definition) is 3. The van der Waals surface area contributed by atoms with Gasteiger partial charge in [-0.05, 0) is 5.92 Å². The summed E-state index contributed by atoms with van der Waals surface area (Å²) in [4.78, 5) is 22.2. The van der Waals surface area contributed by atoms with E-state index in [0.717, 1.165) is 0 Å². The fourth-order valence-electron chi connectivity index (χ4n) is 0.941. The first-order chi connectivity index (χ1) is 7.06. The number of hydrogen-bond donors (Lipinski definition) is 3. The van der Waals surface area contributed by atoms with E-state index in [9.17, 15) is 9.59 Å². The molecule has 0 saturated heterocycles. The molecule has 0 spiro atoms. The Morgan fingerprint density at radius 3 is 2.27 bits per heavy atom. The topological polar surface area (TPSA) is 84.2 Å². The summed E-state index contributed by atoms with van der Waals surface area (Å²) in [6.07, 6.45) is 0.636. The molecule has 0 aromatic heterocycles. The SMILES string of the molecule is CC(C)CNC(=O)CCNC(=O)CCN. The van der Waals surface area contributed by atoms with E-state index in [4.69, 9.17) is 5.73 Å². The normalized spacial score (nSPS) is 10.1. The van der Waals surface area contributed by atoms with Gasteiger partial charge in [0.05, 0.1) is 0 Å². The molecule has 0 aliphatic heterocycles. The van der Waals surface area contributed by atoms with Gasteiger partial charge in [0.2, 0.25) is 11.8 Å². The van der Waals surface area contributed by atoms with Gasteiger partial charge in [0.1, 0.15) is 0 Å². The summed E-state index contributed by atoms with van der Waals surface area (Å²) in [5, 5.41) is 5.40. The summed E-state index contributed by atoms with van der Waals surface area (Å²) in [6, 6.07) is 0. The molecular formula is C10H21N3O2. The number of nitrogens with two attached hydrogens (primary N) is 1. The first-order valence-corrected chi connectivity index (χ1v) is 5.29. The highest BCUT2D eigenvalue weighted by atomic mass is 16.2. The zero-order valence-corrected chi connectivity index (χ0v) is 9.51. The van der Waals surface area contributed by atoms with Crippen molar-refractivity contribution in [3.63, 3.8) is 0 Å². The van der Waals surface area contributed by atoms with Crippen molar-refractivity contribution >= 4 is 11.8 Å². The Kier molecular flexibility index (Phi) is 7.62. The maximum Gasteiger partial charge on any atom is 0.221 e. The molecule has 5 heteroatoms. The molecule has 0 atom stereocenters. The molecule has 0 bridgehead atoms. The summed E-state index contributed by atoms with van der Waals surface area (Å²) in [5.74, 6) is 0.312. The van der Waals surface area contributed by atoms with Crippen LogP contribution in [-0.2, 0) is 9.59 Å². The van der Waals surface area contributed by atoms with E-state index in [-0.39, 0.29) is 11.8 Å². The Morgan fingerprint density at radius 1 is 1.13 bits per heavy atom. The molecule has 15 heavy (non-hydrogen) atoms. The van der Waals surface area contributed by atoms with Crippen LogP contribution in [0.4, 0.5) is 0 Å². The molecule has 0 aromatic carbocycles. The lowest BCUT2D eigenvalue weighted by Gasteiger charge is -2.08. The molecule has 0 aliphatic carbocycles. The highest BCUT2D eigenvalue weighted by Crippen LogP contribution is 1.88. The van der Waals surface area contributed by atoms with Gasteiger partial charge in [-0.2, -0.15) is 0 Å². The third-order valence-corrected chi connectivity index (χ3v) is 1.75. The summed E-state index contributed by atoms with van der Waals surface area (Å²) in [5.41, 5.74) is 5.20. The molecular weight excluding hydrogens is 194 g/mol.